The highest BCUT2D eigenvalue weighted by Gasteiger charge is 2.21. The molecular weight excluding hydrogens is 537 g/mol. The van der Waals surface area contributed by atoms with Gasteiger partial charge in [0.05, 0.1) is 0 Å². The number of thiophene rings is 1. The summed E-state index contributed by atoms with van der Waals surface area (Å²) in [6.07, 6.45) is 0. The lowest BCUT2D eigenvalue weighted by Gasteiger charge is -2.19. The van der Waals surface area contributed by atoms with Crippen molar-refractivity contribution in [1.82, 2.24) is 0 Å². The van der Waals surface area contributed by atoms with Gasteiger partial charge in [-0.1, -0.05) is 146 Å². The Hall–Kier alpha value is -5.24. The van der Waals surface area contributed by atoms with Crippen LogP contribution in [0.3, 0.4) is 0 Å². The van der Waals surface area contributed by atoms with Gasteiger partial charge in [-0.15, -0.1) is 11.3 Å². The average molecular weight is 563 g/mol. The molecule has 9 rings (SSSR count). The van der Waals surface area contributed by atoms with Crippen molar-refractivity contribution >= 4 is 63.8 Å². The third kappa shape index (κ3) is 3.75. The molecule has 1 heteroatoms. The minimum atomic E-state index is 1.25. The van der Waals surface area contributed by atoms with Crippen LogP contribution in [-0.4, -0.2) is 0 Å². The molecule has 9 aromatic rings. The Morgan fingerprint density at radius 2 is 0.837 bits per heavy atom. The summed E-state index contributed by atoms with van der Waals surface area (Å²) in [7, 11) is 0. The van der Waals surface area contributed by atoms with Crippen LogP contribution in [0.4, 0.5) is 0 Å². The van der Waals surface area contributed by atoms with E-state index < -0.39 is 0 Å². The minimum Gasteiger partial charge on any atom is -0.134 e. The number of hydrogen-bond acceptors (Lipinski definition) is 1. The normalized spacial score (nSPS) is 11.7. The predicted molar refractivity (Wildman–Crippen MR) is 188 cm³/mol. The second-order valence-electron chi connectivity index (χ2n) is 11.2. The van der Waals surface area contributed by atoms with Crippen molar-refractivity contribution in [3.05, 3.63) is 158 Å². The van der Waals surface area contributed by atoms with E-state index in [1.165, 1.54) is 85.9 Å². The van der Waals surface area contributed by atoms with Gasteiger partial charge in [-0.05, 0) is 77.8 Å². The van der Waals surface area contributed by atoms with Crippen LogP contribution in [0.1, 0.15) is 0 Å². The van der Waals surface area contributed by atoms with Crippen molar-refractivity contribution in [2.75, 3.05) is 0 Å². The molecule has 43 heavy (non-hydrogen) atoms. The first-order valence-corrected chi connectivity index (χ1v) is 15.6. The van der Waals surface area contributed by atoms with Gasteiger partial charge in [0.1, 0.15) is 0 Å². The molecule has 0 aliphatic carbocycles. The van der Waals surface area contributed by atoms with Gasteiger partial charge in [0.2, 0.25) is 0 Å². The van der Waals surface area contributed by atoms with Gasteiger partial charge < -0.3 is 0 Å². The largest absolute Gasteiger partial charge is 0.134 e. The number of hydrogen-bond donors (Lipinski definition) is 0. The van der Waals surface area contributed by atoms with Crippen LogP contribution in [0.15, 0.2) is 158 Å². The number of benzene rings is 8. The average Bonchev–Trinajstić information content (AvgIpc) is 3.45. The van der Waals surface area contributed by atoms with Crippen LogP contribution in [0.5, 0.6) is 0 Å². The summed E-state index contributed by atoms with van der Waals surface area (Å²) in [6, 6.07) is 57.8. The molecule has 0 aliphatic heterocycles. The van der Waals surface area contributed by atoms with Crippen LogP contribution in [0.25, 0.3) is 85.9 Å². The molecule has 8 aromatic carbocycles. The fourth-order valence-electron chi connectivity index (χ4n) is 6.95. The summed E-state index contributed by atoms with van der Waals surface area (Å²) < 4.78 is 2.67. The highest BCUT2D eigenvalue weighted by atomic mass is 32.1. The molecule has 0 nitrogen and oxygen atoms in total. The summed E-state index contributed by atoms with van der Waals surface area (Å²) in [5.74, 6) is 0. The highest BCUT2D eigenvalue weighted by molar-refractivity contribution is 7.26. The van der Waals surface area contributed by atoms with E-state index in [1.54, 1.807) is 0 Å². The first kappa shape index (κ1) is 24.4. The van der Waals surface area contributed by atoms with Crippen LogP contribution >= 0.6 is 11.3 Å². The van der Waals surface area contributed by atoms with Gasteiger partial charge in [-0.25, -0.2) is 0 Å². The highest BCUT2D eigenvalue weighted by Crippen LogP contribution is 2.50. The molecule has 0 saturated heterocycles. The first-order chi connectivity index (χ1) is 21.3. The maximum absolute atomic E-state index is 2.41. The lowest BCUT2D eigenvalue weighted by Crippen LogP contribution is -1.91. The SMILES string of the molecule is c1ccc(-c2c3ccccc3c(-c3ccc(-c4ccccc4)c4sc5cc6ccccc6cc5c34)c3ccccc23)cc1. The zero-order valence-corrected chi connectivity index (χ0v) is 24.2. The zero-order valence-electron chi connectivity index (χ0n) is 23.4. The monoisotopic (exact) mass is 562 g/mol. The molecule has 0 unspecified atom stereocenters. The molecule has 0 spiro atoms. The maximum Gasteiger partial charge on any atom is 0.0440 e. The third-order valence-electron chi connectivity index (χ3n) is 8.84. The summed E-state index contributed by atoms with van der Waals surface area (Å²) in [5.41, 5.74) is 7.70. The Bertz CT molecular complexity index is 2430. The molecule has 0 amide bonds. The molecule has 1 heterocycles. The van der Waals surface area contributed by atoms with E-state index in [2.05, 4.69) is 158 Å². The van der Waals surface area contributed by atoms with E-state index in [-0.39, 0.29) is 0 Å². The summed E-state index contributed by atoms with van der Waals surface area (Å²) >= 11 is 1.92. The second kappa shape index (κ2) is 9.66. The van der Waals surface area contributed by atoms with Gasteiger partial charge in [0, 0.05) is 20.2 Å². The fourth-order valence-corrected chi connectivity index (χ4v) is 8.25. The number of rotatable bonds is 3. The molecule has 0 aliphatic rings. The third-order valence-corrected chi connectivity index (χ3v) is 10.0. The van der Waals surface area contributed by atoms with Crippen LogP contribution in [0, 0.1) is 0 Å². The van der Waals surface area contributed by atoms with Gasteiger partial charge in [-0.3, -0.25) is 0 Å². The van der Waals surface area contributed by atoms with E-state index in [0.29, 0.717) is 0 Å². The quantitative estimate of drug-likeness (QED) is 0.188. The molecule has 0 N–H and O–H groups in total. The zero-order chi connectivity index (χ0) is 28.3. The van der Waals surface area contributed by atoms with Crippen LogP contribution in [0.2, 0.25) is 0 Å². The van der Waals surface area contributed by atoms with E-state index >= 15 is 0 Å². The Morgan fingerprint density at radius 1 is 0.349 bits per heavy atom. The topological polar surface area (TPSA) is 0 Å². The van der Waals surface area contributed by atoms with Crippen molar-refractivity contribution in [2.45, 2.75) is 0 Å². The molecule has 0 saturated carbocycles. The minimum absolute atomic E-state index is 1.25. The predicted octanol–water partition coefficient (Wildman–Crippen LogP) is 12.5. The summed E-state index contributed by atoms with van der Waals surface area (Å²) in [6.45, 7) is 0. The Labute approximate surface area is 254 Å². The molecule has 0 radical (unpaired) electrons. The Morgan fingerprint density at radius 3 is 1.47 bits per heavy atom. The first-order valence-electron chi connectivity index (χ1n) is 14.8. The van der Waals surface area contributed by atoms with Crippen molar-refractivity contribution in [3.8, 4) is 33.4 Å². The van der Waals surface area contributed by atoms with Crippen LogP contribution < -0.4 is 0 Å². The molecular formula is C42H26S. The summed E-state index contributed by atoms with van der Waals surface area (Å²) in [4.78, 5) is 0. The fraction of sp³-hybridized carbons (Fsp3) is 0. The van der Waals surface area contributed by atoms with E-state index in [9.17, 15) is 0 Å². The van der Waals surface area contributed by atoms with E-state index in [1.807, 2.05) is 11.3 Å². The van der Waals surface area contributed by atoms with Crippen molar-refractivity contribution < 1.29 is 0 Å². The van der Waals surface area contributed by atoms with Gasteiger partial charge in [0.15, 0.2) is 0 Å². The maximum atomic E-state index is 2.41. The van der Waals surface area contributed by atoms with E-state index in [4.69, 9.17) is 0 Å². The van der Waals surface area contributed by atoms with Gasteiger partial charge in [-0.2, -0.15) is 0 Å². The van der Waals surface area contributed by atoms with Crippen molar-refractivity contribution in [1.29, 1.82) is 0 Å². The molecule has 0 fully saturated rings. The second-order valence-corrected chi connectivity index (χ2v) is 12.3. The lowest BCUT2D eigenvalue weighted by atomic mass is 9.84. The smallest absolute Gasteiger partial charge is 0.0440 e. The summed E-state index contributed by atoms with van der Waals surface area (Å²) in [5, 5.41) is 10.4. The Kier molecular flexibility index (Phi) is 5.47. The van der Waals surface area contributed by atoms with Crippen LogP contribution in [-0.2, 0) is 0 Å². The van der Waals surface area contributed by atoms with Gasteiger partial charge in [0.25, 0.3) is 0 Å². The molecule has 200 valence electrons. The molecule has 0 atom stereocenters. The standard InChI is InChI=1S/C42H26S/c1-3-13-27(14-4-1)31-23-24-36(41-37-25-29-17-7-8-18-30(29)26-38(37)43-42(31)41)40-34-21-11-9-19-32(34)39(28-15-5-2-6-16-28)33-20-10-12-22-35(33)40/h1-26H. The van der Waals surface area contributed by atoms with Gasteiger partial charge >= 0.3 is 0 Å². The van der Waals surface area contributed by atoms with Crippen molar-refractivity contribution in [3.63, 3.8) is 0 Å². The van der Waals surface area contributed by atoms with Crippen molar-refractivity contribution in [2.24, 2.45) is 0 Å². The molecule has 1 aromatic heterocycles. The molecule has 0 bridgehead atoms. The lowest BCUT2D eigenvalue weighted by molar-refractivity contribution is 1.66. The number of fused-ring (bicyclic) bond motifs is 6. The van der Waals surface area contributed by atoms with E-state index in [0.717, 1.165) is 0 Å². The Balaban J connectivity index is 1.48.